The molecule has 4 nitrogen and oxygen atoms in total. The van der Waals surface area contributed by atoms with E-state index in [1.54, 1.807) is 0 Å². The van der Waals surface area contributed by atoms with E-state index in [1.165, 1.54) is 5.69 Å². The lowest BCUT2D eigenvalue weighted by Crippen LogP contribution is -2.49. The highest BCUT2D eigenvalue weighted by molar-refractivity contribution is 5.14. The molecule has 24 heavy (non-hydrogen) atoms. The molecular formula is C20H40N4. The van der Waals surface area contributed by atoms with Crippen LogP contribution in [0.4, 0.5) is 0 Å². The molecule has 0 amide bonds. The van der Waals surface area contributed by atoms with Crippen molar-refractivity contribution in [2.45, 2.75) is 105 Å². The van der Waals surface area contributed by atoms with Crippen LogP contribution in [0.25, 0.3) is 0 Å². The maximum absolute atomic E-state index is 4.47. The van der Waals surface area contributed by atoms with Crippen molar-refractivity contribution in [3.05, 3.63) is 11.9 Å². The Bertz CT molecular complexity index is 523. The summed E-state index contributed by atoms with van der Waals surface area (Å²) in [4.78, 5) is 2.46. The molecule has 0 aromatic carbocycles. The smallest absolute Gasteiger partial charge is 0.0730 e. The molecule has 0 saturated carbocycles. The summed E-state index contributed by atoms with van der Waals surface area (Å²) >= 11 is 0. The van der Waals surface area contributed by atoms with Crippen LogP contribution in [0, 0.1) is 5.92 Å². The van der Waals surface area contributed by atoms with Crippen LogP contribution in [0.1, 0.15) is 87.8 Å². The van der Waals surface area contributed by atoms with Gasteiger partial charge in [-0.25, -0.2) is 4.68 Å². The quantitative estimate of drug-likeness (QED) is 0.681. The fourth-order valence-corrected chi connectivity index (χ4v) is 4.22. The Morgan fingerprint density at radius 2 is 1.58 bits per heavy atom. The number of rotatable bonds is 8. The second kappa shape index (κ2) is 7.15. The van der Waals surface area contributed by atoms with Crippen molar-refractivity contribution >= 4 is 0 Å². The van der Waals surface area contributed by atoms with E-state index in [4.69, 9.17) is 0 Å². The Morgan fingerprint density at radius 1 is 1.04 bits per heavy atom. The lowest BCUT2D eigenvalue weighted by atomic mass is 9.76. The highest BCUT2D eigenvalue weighted by Gasteiger charge is 2.38. The molecule has 0 aliphatic carbocycles. The Morgan fingerprint density at radius 3 is 2.04 bits per heavy atom. The van der Waals surface area contributed by atoms with Gasteiger partial charge in [-0.15, -0.1) is 5.10 Å². The molecule has 0 bridgehead atoms. The van der Waals surface area contributed by atoms with Crippen LogP contribution in [0.15, 0.2) is 6.20 Å². The Labute approximate surface area is 150 Å². The van der Waals surface area contributed by atoms with Gasteiger partial charge in [0, 0.05) is 17.0 Å². The summed E-state index contributed by atoms with van der Waals surface area (Å²) in [6.07, 6.45) is 4.11. The maximum atomic E-state index is 4.47. The molecule has 4 heteroatoms. The zero-order valence-electron chi connectivity index (χ0n) is 17.9. The van der Waals surface area contributed by atoms with E-state index in [9.17, 15) is 0 Å². The zero-order valence-corrected chi connectivity index (χ0v) is 17.9. The molecule has 140 valence electrons. The number of hydrogen-bond acceptors (Lipinski definition) is 3. The van der Waals surface area contributed by atoms with Gasteiger partial charge in [0.25, 0.3) is 0 Å². The van der Waals surface area contributed by atoms with Crippen molar-refractivity contribution in [2.24, 2.45) is 5.92 Å². The van der Waals surface area contributed by atoms with Gasteiger partial charge in [-0.05, 0) is 67.3 Å². The van der Waals surface area contributed by atoms with Crippen LogP contribution < -0.4 is 0 Å². The fraction of sp³-hybridized carbons (Fsp3) is 0.900. The molecule has 0 unspecified atom stereocenters. The third kappa shape index (κ3) is 4.81. The first-order chi connectivity index (χ1) is 10.7. The Balaban J connectivity index is 3.15. The standard InChI is InChI=1S/C20H40N4/c1-15(2)12-19(7,8)24-17(13-21-22-24)18(5,6)14-20(9,10)23(11)16(3)4/h13,15-16H,12,14H2,1-11H3. The Hall–Kier alpha value is -0.900. The molecule has 0 spiro atoms. The van der Waals surface area contributed by atoms with Crippen LogP contribution in [-0.4, -0.2) is 38.5 Å². The maximum Gasteiger partial charge on any atom is 0.0730 e. The van der Waals surface area contributed by atoms with Gasteiger partial charge >= 0.3 is 0 Å². The second-order valence-corrected chi connectivity index (χ2v) is 10.0. The molecule has 1 aromatic heterocycles. The fourth-order valence-electron chi connectivity index (χ4n) is 4.22. The molecule has 0 aliphatic heterocycles. The van der Waals surface area contributed by atoms with E-state index in [1.807, 2.05) is 6.20 Å². The summed E-state index contributed by atoms with van der Waals surface area (Å²) in [5, 5.41) is 8.74. The molecule has 0 fully saturated rings. The third-order valence-electron chi connectivity index (χ3n) is 5.33. The van der Waals surface area contributed by atoms with Crippen LogP contribution in [0.5, 0.6) is 0 Å². The zero-order chi connectivity index (χ0) is 18.9. The van der Waals surface area contributed by atoms with E-state index in [0.29, 0.717) is 12.0 Å². The van der Waals surface area contributed by atoms with Gasteiger partial charge in [0.2, 0.25) is 0 Å². The molecular weight excluding hydrogens is 296 g/mol. The molecule has 0 saturated heterocycles. The van der Waals surface area contributed by atoms with E-state index in [2.05, 4.69) is 96.2 Å². The van der Waals surface area contributed by atoms with Gasteiger partial charge in [-0.3, -0.25) is 4.90 Å². The molecule has 0 radical (unpaired) electrons. The van der Waals surface area contributed by atoms with Crippen LogP contribution in [-0.2, 0) is 11.0 Å². The normalized spacial score (nSPS) is 14.2. The van der Waals surface area contributed by atoms with Gasteiger partial charge in [0.05, 0.1) is 17.4 Å². The SMILES string of the molecule is CC(C)CC(C)(C)n1nncc1C(C)(C)CC(C)(C)N(C)C(C)C. The lowest BCUT2D eigenvalue weighted by molar-refractivity contribution is 0.0859. The predicted octanol–water partition coefficient (Wildman–Crippen LogP) is 4.85. The van der Waals surface area contributed by atoms with Crippen molar-refractivity contribution < 1.29 is 0 Å². The minimum Gasteiger partial charge on any atom is -0.299 e. The van der Waals surface area contributed by atoms with Crippen molar-refractivity contribution in [1.82, 2.24) is 19.9 Å². The van der Waals surface area contributed by atoms with Crippen LogP contribution in [0.3, 0.4) is 0 Å². The van der Waals surface area contributed by atoms with Gasteiger partial charge in [-0.1, -0.05) is 32.9 Å². The van der Waals surface area contributed by atoms with Crippen molar-refractivity contribution in [1.29, 1.82) is 0 Å². The number of nitrogens with zero attached hydrogens (tertiary/aromatic N) is 4. The minimum atomic E-state index is -0.0225. The lowest BCUT2D eigenvalue weighted by Gasteiger charge is -2.44. The summed E-state index contributed by atoms with van der Waals surface area (Å²) in [7, 11) is 2.22. The molecule has 1 heterocycles. The van der Waals surface area contributed by atoms with Crippen molar-refractivity contribution in [3.8, 4) is 0 Å². The van der Waals surface area contributed by atoms with Gasteiger partial charge < -0.3 is 0 Å². The van der Waals surface area contributed by atoms with Gasteiger partial charge in [-0.2, -0.15) is 0 Å². The largest absolute Gasteiger partial charge is 0.299 e. The van der Waals surface area contributed by atoms with E-state index < -0.39 is 0 Å². The van der Waals surface area contributed by atoms with Crippen LogP contribution >= 0.6 is 0 Å². The summed E-state index contributed by atoms with van der Waals surface area (Å²) in [6, 6.07) is 0.524. The minimum absolute atomic E-state index is 0.00436. The van der Waals surface area contributed by atoms with Crippen LogP contribution in [0.2, 0.25) is 0 Å². The molecule has 1 aromatic rings. The Kier molecular flexibility index (Phi) is 6.30. The summed E-state index contributed by atoms with van der Waals surface area (Å²) in [5.74, 6) is 0.628. The highest BCUT2D eigenvalue weighted by atomic mass is 15.5. The highest BCUT2D eigenvalue weighted by Crippen LogP contribution is 2.37. The van der Waals surface area contributed by atoms with E-state index >= 15 is 0 Å². The van der Waals surface area contributed by atoms with Gasteiger partial charge in [0.1, 0.15) is 0 Å². The van der Waals surface area contributed by atoms with E-state index in [0.717, 1.165) is 12.8 Å². The third-order valence-corrected chi connectivity index (χ3v) is 5.33. The summed E-state index contributed by atoms with van der Waals surface area (Å²) in [5.41, 5.74) is 1.32. The first-order valence-corrected chi connectivity index (χ1v) is 9.35. The van der Waals surface area contributed by atoms with Gasteiger partial charge in [0.15, 0.2) is 0 Å². The monoisotopic (exact) mass is 336 g/mol. The number of hydrogen-bond donors (Lipinski definition) is 0. The topological polar surface area (TPSA) is 34.0 Å². The molecule has 1 rings (SSSR count). The van der Waals surface area contributed by atoms with Crippen molar-refractivity contribution in [2.75, 3.05) is 7.05 Å². The first kappa shape index (κ1) is 21.1. The molecule has 0 atom stereocenters. The van der Waals surface area contributed by atoms with E-state index in [-0.39, 0.29) is 16.5 Å². The second-order valence-electron chi connectivity index (χ2n) is 10.0. The molecule has 0 N–H and O–H groups in total. The molecule has 0 aliphatic rings. The predicted molar refractivity (Wildman–Crippen MR) is 103 cm³/mol. The average Bonchev–Trinajstić information content (AvgIpc) is 2.85. The first-order valence-electron chi connectivity index (χ1n) is 9.35. The summed E-state index contributed by atoms with van der Waals surface area (Å²) in [6.45, 7) is 22.9. The van der Waals surface area contributed by atoms with Crippen molar-refractivity contribution in [3.63, 3.8) is 0 Å². The summed E-state index contributed by atoms with van der Waals surface area (Å²) < 4.78 is 2.17. The number of aromatic nitrogens is 3. The average molecular weight is 337 g/mol.